The van der Waals surface area contributed by atoms with E-state index in [9.17, 15) is 9.18 Å². The van der Waals surface area contributed by atoms with Crippen molar-refractivity contribution >= 4 is 11.9 Å². The quantitative estimate of drug-likeness (QED) is 0.618. The first-order valence-corrected chi connectivity index (χ1v) is 9.14. The minimum absolute atomic E-state index is 0.0351. The van der Waals surface area contributed by atoms with Gasteiger partial charge in [-0.3, -0.25) is 9.79 Å². The molecule has 27 heavy (non-hydrogen) atoms. The van der Waals surface area contributed by atoms with Crippen LogP contribution in [0.2, 0.25) is 0 Å². The van der Waals surface area contributed by atoms with Crippen LogP contribution in [-0.2, 0) is 4.79 Å². The van der Waals surface area contributed by atoms with Gasteiger partial charge in [-0.15, -0.1) is 0 Å². The fourth-order valence-corrected chi connectivity index (χ4v) is 3.53. The van der Waals surface area contributed by atoms with E-state index in [-0.39, 0.29) is 23.7 Å². The zero-order valence-corrected chi connectivity index (χ0v) is 15.2. The van der Waals surface area contributed by atoms with Gasteiger partial charge in [0.05, 0.1) is 17.9 Å². The first-order valence-electron chi connectivity index (χ1n) is 9.14. The van der Waals surface area contributed by atoms with E-state index in [1.807, 2.05) is 6.20 Å². The number of carbonyl (C=O) groups excluding carboxylic acids is 1. The second kappa shape index (κ2) is 7.02. The number of aromatic nitrogens is 2. The van der Waals surface area contributed by atoms with Crippen LogP contribution in [0.5, 0.6) is 0 Å². The van der Waals surface area contributed by atoms with E-state index in [0.29, 0.717) is 25.0 Å². The maximum absolute atomic E-state index is 13.1. The van der Waals surface area contributed by atoms with Crippen LogP contribution in [0.3, 0.4) is 0 Å². The maximum atomic E-state index is 13.1. The summed E-state index contributed by atoms with van der Waals surface area (Å²) in [5, 5.41) is 7.55. The summed E-state index contributed by atoms with van der Waals surface area (Å²) < 4.78 is 14.8. The molecular weight excluding hydrogens is 347 g/mol. The van der Waals surface area contributed by atoms with E-state index >= 15 is 0 Å². The SMILES string of the molecule is CN1C(=O)C[C@@H](CN=C(N)NC2CC2)[C@@H]1c1cnn(-c2ccc(F)cc2)c1. The number of likely N-dealkylation sites (tertiary alicyclic amines) is 1. The zero-order chi connectivity index (χ0) is 19.0. The normalized spacial score (nSPS) is 23.1. The smallest absolute Gasteiger partial charge is 0.223 e. The molecule has 2 aromatic rings. The van der Waals surface area contributed by atoms with Gasteiger partial charge in [-0.25, -0.2) is 9.07 Å². The number of carbonyl (C=O) groups is 1. The predicted molar refractivity (Wildman–Crippen MR) is 99.8 cm³/mol. The molecule has 7 nitrogen and oxygen atoms in total. The van der Waals surface area contributed by atoms with Crippen LogP contribution >= 0.6 is 0 Å². The summed E-state index contributed by atoms with van der Waals surface area (Å²) in [6.45, 7) is 0.480. The maximum Gasteiger partial charge on any atom is 0.223 e. The lowest BCUT2D eigenvalue weighted by Crippen LogP contribution is -2.34. The van der Waals surface area contributed by atoms with Gasteiger partial charge in [-0.1, -0.05) is 0 Å². The average Bonchev–Trinajstić information content (AvgIpc) is 3.24. The molecule has 1 aliphatic heterocycles. The number of nitrogens with one attached hydrogen (secondary N) is 1. The molecule has 3 N–H and O–H groups in total. The number of aliphatic imine (C=N–C) groups is 1. The highest BCUT2D eigenvalue weighted by Gasteiger charge is 2.39. The van der Waals surface area contributed by atoms with Gasteiger partial charge in [0.25, 0.3) is 0 Å². The van der Waals surface area contributed by atoms with E-state index in [2.05, 4.69) is 15.4 Å². The molecule has 2 fully saturated rings. The average molecular weight is 370 g/mol. The molecule has 0 unspecified atom stereocenters. The summed E-state index contributed by atoms with van der Waals surface area (Å²) >= 11 is 0. The standard InChI is InChI=1S/C19H23FN6O/c1-25-17(27)8-12(9-22-19(21)24-15-4-5-15)18(25)13-10-23-26(11-13)16-6-2-14(20)3-7-16/h2-3,6-7,10-12,15,18H,4-5,8-9H2,1H3,(H3,21,22,24)/t12-,18+/m0/s1. The molecule has 1 saturated carbocycles. The summed E-state index contributed by atoms with van der Waals surface area (Å²) in [6, 6.07) is 6.48. The first-order chi connectivity index (χ1) is 13.0. The number of benzene rings is 1. The van der Waals surface area contributed by atoms with Gasteiger partial charge < -0.3 is 16.0 Å². The van der Waals surface area contributed by atoms with Crippen LogP contribution in [0.25, 0.3) is 5.69 Å². The molecule has 2 atom stereocenters. The van der Waals surface area contributed by atoms with Gasteiger partial charge >= 0.3 is 0 Å². The van der Waals surface area contributed by atoms with Crippen molar-refractivity contribution < 1.29 is 9.18 Å². The van der Waals surface area contributed by atoms with Gasteiger partial charge in [0.1, 0.15) is 5.82 Å². The number of amides is 1. The minimum Gasteiger partial charge on any atom is -0.370 e. The van der Waals surface area contributed by atoms with Crippen molar-refractivity contribution in [2.24, 2.45) is 16.6 Å². The van der Waals surface area contributed by atoms with Crippen molar-refractivity contribution in [1.29, 1.82) is 0 Å². The molecule has 0 bridgehead atoms. The third-order valence-electron chi connectivity index (χ3n) is 5.15. The van der Waals surface area contributed by atoms with Gasteiger partial charge in [-0.2, -0.15) is 5.10 Å². The molecule has 0 spiro atoms. The van der Waals surface area contributed by atoms with Crippen molar-refractivity contribution in [1.82, 2.24) is 20.0 Å². The number of hydrogen-bond acceptors (Lipinski definition) is 3. The number of rotatable bonds is 5. The van der Waals surface area contributed by atoms with E-state index in [1.54, 1.807) is 35.0 Å². The Balaban J connectivity index is 1.52. The molecule has 2 aliphatic rings. The van der Waals surface area contributed by atoms with Crippen LogP contribution < -0.4 is 11.1 Å². The summed E-state index contributed by atoms with van der Waals surface area (Å²) in [5.74, 6) is 0.277. The number of nitrogens with zero attached hydrogens (tertiary/aromatic N) is 4. The highest BCUT2D eigenvalue weighted by atomic mass is 19.1. The number of nitrogens with two attached hydrogens (primary N) is 1. The van der Waals surface area contributed by atoms with Gasteiger partial charge in [0, 0.05) is 43.7 Å². The monoisotopic (exact) mass is 370 g/mol. The Bertz CT molecular complexity index is 857. The molecule has 4 rings (SSSR count). The van der Waals surface area contributed by atoms with Crippen LogP contribution in [0.4, 0.5) is 4.39 Å². The molecule has 0 radical (unpaired) electrons. The van der Waals surface area contributed by atoms with Crippen molar-refractivity contribution in [2.45, 2.75) is 31.3 Å². The number of guanidine groups is 1. The molecule has 8 heteroatoms. The molecule has 1 aromatic carbocycles. The number of hydrogen-bond donors (Lipinski definition) is 2. The van der Waals surface area contributed by atoms with Crippen LogP contribution in [0, 0.1) is 11.7 Å². The van der Waals surface area contributed by atoms with E-state index in [4.69, 9.17) is 5.73 Å². The Kier molecular flexibility index (Phi) is 4.55. The second-order valence-corrected chi connectivity index (χ2v) is 7.25. The van der Waals surface area contributed by atoms with Crippen LogP contribution in [-0.4, -0.2) is 46.2 Å². The summed E-state index contributed by atoms with van der Waals surface area (Å²) in [7, 11) is 1.80. The van der Waals surface area contributed by atoms with Gasteiger partial charge in [-0.05, 0) is 37.1 Å². The molecule has 1 aliphatic carbocycles. The van der Waals surface area contributed by atoms with Gasteiger partial charge in [0.15, 0.2) is 5.96 Å². The third kappa shape index (κ3) is 3.79. The Morgan fingerprint density at radius 1 is 1.37 bits per heavy atom. The third-order valence-corrected chi connectivity index (χ3v) is 5.15. The minimum atomic E-state index is -0.289. The fourth-order valence-electron chi connectivity index (χ4n) is 3.53. The van der Waals surface area contributed by atoms with E-state index < -0.39 is 0 Å². The van der Waals surface area contributed by atoms with Crippen molar-refractivity contribution in [3.8, 4) is 5.69 Å². The Labute approximate surface area is 157 Å². The Morgan fingerprint density at radius 3 is 2.81 bits per heavy atom. The van der Waals surface area contributed by atoms with Crippen LogP contribution in [0.15, 0.2) is 41.7 Å². The summed E-state index contributed by atoms with van der Waals surface area (Å²) in [6.07, 6.45) is 6.34. The highest BCUT2D eigenvalue weighted by molar-refractivity contribution is 5.80. The predicted octanol–water partition coefficient (Wildman–Crippen LogP) is 1.60. The zero-order valence-electron chi connectivity index (χ0n) is 15.2. The lowest BCUT2D eigenvalue weighted by molar-refractivity contribution is -0.127. The summed E-state index contributed by atoms with van der Waals surface area (Å²) in [4.78, 5) is 18.5. The molecule has 1 saturated heterocycles. The van der Waals surface area contributed by atoms with Gasteiger partial charge in [0.2, 0.25) is 5.91 Å². The van der Waals surface area contributed by atoms with Crippen molar-refractivity contribution in [2.75, 3.05) is 13.6 Å². The van der Waals surface area contributed by atoms with E-state index in [1.165, 1.54) is 12.1 Å². The molecule has 1 amide bonds. The highest BCUT2D eigenvalue weighted by Crippen LogP contribution is 2.37. The summed E-state index contributed by atoms with van der Waals surface area (Å²) in [5.41, 5.74) is 7.63. The molecule has 2 heterocycles. The van der Waals surface area contributed by atoms with Crippen molar-refractivity contribution in [3.05, 3.63) is 48.0 Å². The second-order valence-electron chi connectivity index (χ2n) is 7.25. The van der Waals surface area contributed by atoms with Crippen LogP contribution in [0.1, 0.15) is 30.9 Å². The lowest BCUT2D eigenvalue weighted by Gasteiger charge is -2.23. The first kappa shape index (κ1) is 17.5. The Morgan fingerprint density at radius 2 is 2.11 bits per heavy atom. The Hall–Kier alpha value is -2.90. The topological polar surface area (TPSA) is 88.5 Å². The molecule has 1 aromatic heterocycles. The number of halogens is 1. The largest absolute Gasteiger partial charge is 0.370 e. The fraction of sp³-hybridized carbons (Fsp3) is 0.421. The van der Waals surface area contributed by atoms with Crippen molar-refractivity contribution in [3.63, 3.8) is 0 Å². The lowest BCUT2D eigenvalue weighted by atomic mass is 9.96. The molecular formula is C19H23FN6O. The van der Waals surface area contributed by atoms with E-state index in [0.717, 1.165) is 24.1 Å². The molecule has 142 valence electrons.